The molecule has 31 heavy (non-hydrogen) atoms. The minimum Gasteiger partial charge on any atom is -0.353 e. The lowest BCUT2D eigenvalue weighted by Gasteiger charge is -2.35. The van der Waals surface area contributed by atoms with Crippen molar-refractivity contribution < 1.29 is 4.79 Å². The summed E-state index contributed by atoms with van der Waals surface area (Å²) >= 11 is 6.56. The lowest BCUT2D eigenvalue weighted by molar-refractivity contribution is 0.0724. The maximum Gasteiger partial charge on any atom is 0.255 e. The van der Waals surface area contributed by atoms with Crippen LogP contribution in [-0.4, -0.2) is 69.7 Å². The van der Waals surface area contributed by atoms with Crippen molar-refractivity contribution >= 4 is 23.3 Å². The Morgan fingerprint density at radius 2 is 1.74 bits per heavy atom. The second-order valence-corrected chi connectivity index (χ2v) is 10.0. The average molecular weight is 445 g/mol. The number of carbonyl (C=O) groups is 1. The first-order chi connectivity index (χ1) is 14.8. The van der Waals surface area contributed by atoms with Crippen LogP contribution in [0.3, 0.4) is 0 Å². The fourth-order valence-electron chi connectivity index (χ4n) is 4.24. The van der Waals surface area contributed by atoms with Gasteiger partial charge in [-0.3, -0.25) is 14.4 Å². The Balaban J connectivity index is 1.34. The van der Waals surface area contributed by atoms with E-state index < -0.39 is 0 Å². The summed E-state index contributed by atoms with van der Waals surface area (Å²) in [4.78, 5) is 23.9. The smallest absolute Gasteiger partial charge is 0.255 e. The summed E-state index contributed by atoms with van der Waals surface area (Å²) in [6, 6.07) is 1.79. The number of anilines is 1. The minimum absolute atomic E-state index is 0.000903. The number of nitrogens with zero attached hydrogens (tertiary/aromatic N) is 6. The minimum atomic E-state index is 0.000903. The summed E-state index contributed by atoms with van der Waals surface area (Å²) in [5.41, 5.74) is 1.83. The van der Waals surface area contributed by atoms with E-state index in [0.717, 1.165) is 64.5 Å². The number of piperidine rings is 1. The molecule has 2 saturated heterocycles. The summed E-state index contributed by atoms with van der Waals surface area (Å²) in [5, 5.41) is 5.06. The van der Waals surface area contributed by atoms with E-state index >= 15 is 0 Å². The molecule has 0 bridgehead atoms. The second kappa shape index (κ2) is 9.17. The van der Waals surface area contributed by atoms with Gasteiger partial charge in [0, 0.05) is 63.8 Å². The molecule has 0 N–H and O–H groups in total. The summed E-state index contributed by atoms with van der Waals surface area (Å²) in [5.74, 6) is 0.818. The fraction of sp³-hybridized carbons (Fsp3) is 0.609. The number of piperazine rings is 1. The van der Waals surface area contributed by atoms with Gasteiger partial charge in [-0.05, 0) is 46.1 Å². The van der Waals surface area contributed by atoms with Crippen LogP contribution in [0.5, 0.6) is 0 Å². The van der Waals surface area contributed by atoms with Crippen LogP contribution in [0.1, 0.15) is 56.0 Å². The highest BCUT2D eigenvalue weighted by atomic mass is 35.5. The van der Waals surface area contributed by atoms with Crippen LogP contribution in [0, 0.1) is 0 Å². The fourth-order valence-corrected chi connectivity index (χ4v) is 4.53. The van der Waals surface area contributed by atoms with Crippen molar-refractivity contribution in [1.29, 1.82) is 0 Å². The lowest BCUT2D eigenvalue weighted by atomic mass is 10.1. The number of halogens is 1. The number of amides is 1. The highest BCUT2D eigenvalue weighted by Crippen LogP contribution is 2.26. The molecule has 0 unspecified atom stereocenters. The predicted octanol–water partition coefficient (Wildman–Crippen LogP) is 3.63. The van der Waals surface area contributed by atoms with Crippen molar-refractivity contribution in [3.05, 3.63) is 40.8 Å². The Morgan fingerprint density at radius 3 is 2.35 bits per heavy atom. The number of hydrogen-bond donors (Lipinski definition) is 0. The highest BCUT2D eigenvalue weighted by molar-refractivity contribution is 6.33. The molecule has 2 fully saturated rings. The largest absolute Gasteiger partial charge is 0.353 e. The van der Waals surface area contributed by atoms with E-state index in [4.69, 9.17) is 11.6 Å². The Morgan fingerprint density at radius 1 is 1.03 bits per heavy atom. The molecule has 0 aliphatic carbocycles. The molecular weight excluding hydrogens is 412 g/mol. The van der Waals surface area contributed by atoms with Crippen LogP contribution in [0.15, 0.2) is 24.7 Å². The second-order valence-electron chi connectivity index (χ2n) is 9.61. The maximum atomic E-state index is 12.7. The molecule has 4 rings (SSSR count). The normalized spacial score (nSPS) is 18.5. The molecule has 0 saturated carbocycles. The zero-order valence-electron chi connectivity index (χ0n) is 18.8. The van der Waals surface area contributed by atoms with Gasteiger partial charge in [0.1, 0.15) is 5.82 Å². The van der Waals surface area contributed by atoms with Gasteiger partial charge >= 0.3 is 0 Å². The third-order valence-electron chi connectivity index (χ3n) is 6.11. The quantitative estimate of drug-likeness (QED) is 0.720. The Bertz CT molecular complexity index is 907. The van der Waals surface area contributed by atoms with E-state index in [1.807, 2.05) is 15.8 Å². The first-order valence-electron chi connectivity index (χ1n) is 11.3. The Hall–Kier alpha value is -2.12. The van der Waals surface area contributed by atoms with Crippen molar-refractivity contribution in [3.63, 3.8) is 0 Å². The van der Waals surface area contributed by atoms with Crippen LogP contribution in [0.4, 0.5) is 5.82 Å². The number of hydrogen-bond acceptors (Lipinski definition) is 5. The number of pyridine rings is 1. The number of rotatable bonds is 4. The van der Waals surface area contributed by atoms with Crippen molar-refractivity contribution in [3.8, 4) is 0 Å². The topological polar surface area (TPSA) is 57.5 Å². The molecule has 2 aromatic heterocycles. The molecule has 1 amide bonds. The predicted molar refractivity (Wildman–Crippen MR) is 124 cm³/mol. The Labute approximate surface area is 190 Å². The molecule has 0 atom stereocenters. The van der Waals surface area contributed by atoms with E-state index in [0.29, 0.717) is 10.6 Å². The summed E-state index contributed by atoms with van der Waals surface area (Å²) in [6.07, 6.45) is 9.15. The van der Waals surface area contributed by atoms with Crippen LogP contribution < -0.4 is 4.90 Å². The molecular formula is C23H33ClN6O. The number of likely N-dealkylation sites (tertiary alicyclic amines) is 1. The molecule has 8 heteroatoms. The number of aromatic nitrogens is 3. The molecule has 2 aromatic rings. The standard InChI is InChI=1S/C23H33ClN6O/c1-23(2,3)30-17-18(14-26-30)16-27-9-11-28(12-10-27)21-20(24)13-19(15-25-21)22(31)29-7-5-4-6-8-29/h13-15,17H,4-12,16H2,1-3H3. The molecule has 0 aromatic carbocycles. The molecule has 0 radical (unpaired) electrons. The van der Waals surface area contributed by atoms with Gasteiger partial charge in [-0.15, -0.1) is 0 Å². The van der Waals surface area contributed by atoms with Crippen LogP contribution in [-0.2, 0) is 12.1 Å². The monoisotopic (exact) mass is 444 g/mol. The SMILES string of the molecule is CC(C)(C)n1cc(CN2CCN(c3ncc(C(=O)N4CCCCC4)cc3Cl)CC2)cn1. The lowest BCUT2D eigenvalue weighted by Crippen LogP contribution is -2.46. The summed E-state index contributed by atoms with van der Waals surface area (Å²) in [7, 11) is 0. The van der Waals surface area contributed by atoms with Gasteiger partial charge in [-0.25, -0.2) is 4.98 Å². The van der Waals surface area contributed by atoms with Crippen LogP contribution >= 0.6 is 11.6 Å². The van der Waals surface area contributed by atoms with Gasteiger partial charge in [0.05, 0.1) is 22.3 Å². The molecule has 0 spiro atoms. The van der Waals surface area contributed by atoms with Gasteiger partial charge < -0.3 is 9.80 Å². The average Bonchev–Trinajstić information content (AvgIpc) is 3.24. The van der Waals surface area contributed by atoms with E-state index in [9.17, 15) is 4.79 Å². The van der Waals surface area contributed by atoms with Gasteiger partial charge in [-0.1, -0.05) is 11.6 Å². The highest BCUT2D eigenvalue weighted by Gasteiger charge is 2.24. The number of carbonyl (C=O) groups excluding carboxylic acids is 1. The van der Waals surface area contributed by atoms with Crippen molar-refractivity contribution in [2.45, 2.75) is 52.1 Å². The van der Waals surface area contributed by atoms with Crippen LogP contribution in [0.25, 0.3) is 0 Å². The van der Waals surface area contributed by atoms with Crippen molar-refractivity contribution in [2.24, 2.45) is 0 Å². The van der Waals surface area contributed by atoms with E-state index in [-0.39, 0.29) is 11.4 Å². The summed E-state index contributed by atoms with van der Waals surface area (Å²) in [6.45, 7) is 12.6. The van der Waals surface area contributed by atoms with Gasteiger partial charge in [0.25, 0.3) is 5.91 Å². The maximum absolute atomic E-state index is 12.7. The van der Waals surface area contributed by atoms with E-state index in [1.54, 1.807) is 12.3 Å². The van der Waals surface area contributed by atoms with E-state index in [1.165, 1.54) is 12.0 Å². The third kappa shape index (κ3) is 5.21. The first kappa shape index (κ1) is 22.1. The molecule has 4 heterocycles. The Kier molecular flexibility index (Phi) is 6.53. The van der Waals surface area contributed by atoms with Gasteiger partial charge in [-0.2, -0.15) is 5.10 Å². The first-order valence-corrected chi connectivity index (χ1v) is 11.7. The van der Waals surface area contributed by atoms with Gasteiger partial charge in [0.2, 0.25) is 0 Å². The molecule has 7 nitrogen and oxygen atoms in total. The van der Waals surface area contributed by atoms with Crippen molar-refractivity contribution in [2.75, 3.05) is 44.2 Å². The zero-order valence-corrected chi connectivity index (χ0v) is 19.6. The van der Waals surface area contributed by atoms with Gasteiger partial charge in [0.15, 0.2) is 0 Å². The third-order valence-corrected chi connectivity index (χ3v) is 6.39. The molecule has 168 valence electrons. The zero-order chi connectivity index (χ0) is 22.0. The van der Waals surface area contributed by atoms with Crippen molar-refractivity contribution in [1.82, 2.24) is 24.6 Å². The molecule has 2 aliphatic rings. The molecule has 2 aliphatic heterocycles. The van der Waals surface area contributed by atoms with E-state index in [2.05, 4.69) is 46.9 Å². The summed E-state index contributed by atoms with van der Waals surface area (Å²) < 4.78 is 2.02. The van der Waals surface area contributed by atoms with Crippen LogP contribution in [0.2, 0.25) is 5.02 Å².